The molecule has 1 aromatic heterocycles. The van der Waals surface area contributed by atoms with Crippen LogP contribution in [0.4, 0.5) is 0 Å². The molecule has 2 heterocycles. The molecule has 0 aliphatic carbocycles. The van der Waals surface area contributed by atoms with E-state index in [0.717, 1.165) is 37.1 Å². The van der Waals surface area contributed by atoms with Gasteiger partial charge in [-0.05, 0) is 12.8 Å². The Morgan fingerprint density at radius 1 is 1.44 bits per heavy atom. The maximum absolute atomic E-state index is 11.9. The van der Waals surface area contributed by atoms with E-state index in [1.54, 1.807) is 6.33 Å². The van der Waals surface area contributed by atoms with Crippen LogP contribution >= 0.6 is 15.9 Å². The molecule has 0 aromatic carbocycles. The summed E-state index contributed by atoms with van der Waals surface area (Å²) in [5.74, 6) is 1.12. The van der Waals surface area contributed by atoms with Crippen molar-refractivity contribution in [2.45, 2.75) is 32.4 Å². The van der Waals surface area contributed by atoms with E-state index in [-0.39, 0.29) is 5.91 Å². The lowest BCUT2D eigenvalue weighted by molar-refractivity contribution is -0.132. The van der Waals surface area contributed by atoms with Crippen molar-refractivity contribution in [3.8, 4) is 0 Å². The third-order valence-corrected chi connectivity index (χ3v) is 3.33. The Morgan fingerprint density at radius 3 is 3.12 bits per heavy atom. The van der Waals surface area contributed by atoms with E-state index in [4.69, 9.17) is 0 Å². The predicted molar refractivity (Wildman–Crippen MR) is 63.1 cm³/mol. The molecule has 5 nitrogen and oxygen atoms in total. The lowest BCUT2D eigenvalue weighted by Crippen LogP contribution is -2.38. The van der Waals surface area contributed by atoms with Gasteiger partial charge in [-0.25, -0.2) is 0 Å². The fourth-order valence-corrected chi connectivity index (χ4v) is 2.20. The van der Waals surface area contributed by atoms with Gasteiger partial charge in [0, 0.05) is 24.8 Å². The molecule has 0 bridgehead atoms. The summed E-state index contributed by atoms with van der Waals surface area (Å²) in [6, 6.07) is 0. The highest BCUT2D eigenvalue weighted by Gasteiger charge is 2.20. The van der Waals surface area contributed by atoms with E-state index in [0.29, 0.717) is 13.0 Å². The largest absolute Gasteiger partial charge is 0.333 e. The first-order chi connectivity index (χ1) is 7.81. The number of hydrogen-bond donors (Lipinski definition) is 0. The van der Waals surface area contributed by atoms with Crippen molar-refractivity contribution in [3.05, 3.63) is 12.2 Å². The van der Waals surface area contributed by atoms with Gasteiger partial charge in [0.1, 0.15) is 6.33 Å². The Bertz CT molecular complexity index is 365. The molecular weight excluding hydrogens is 272 g/mol. The average molecular weight is 287 g/mol. The zero-order valence-electron chi connectivity index (χ0n) is 9.10. The monoisotopic (exact) mass is 286 g/mol. The molecule has 0 unspecified atom stereocenters. The number of nitrogens with zero attached hydrogens (tertiary/aromatic N) is 4. The van der Waals surface area contributed by atoms with Gasteiger partial charge in [0.2, 0.25) is 5.91 Å². The minimum atomic E-state index is 0.232. The summed E-state index contributed by atoms with van der Waals surface area (Å²) in [6.45, 7) is 2.19. The number of hydrogen-bond acceptors (Lipinski definition) is 3. The lowest BCUT2D eigenvalue weighted by Gasteiger charge is -2.27. The highest BCUT2D eigenvalue weighted by atomic mass is 79.9. The first kappa shape index (κ1) is 11.6. The van der Waals surface area contributed by atoms with E-state index in [1.165, 1.54) is 0 Å². The predicted octanol–water partition coefficient (Wildman–Crippen LogP) is 1.19. The van der Waals surface area contributed by atoms with Gasteiger partial charge in [-0.2, -0.15) is 0 Å². The third-order valence-electron chi connectivity index (χ3n) is 2.77. The summed E-state index contributed by atoms with van der Waals surface area (Å²) < 4.78 is 2.00. The van der Waals surface area contributed by atoms with Gasteiger partial charge in [0.15, 0.2) is 5.82 Å². The van der Waals surface area contributed by atoms with E-state index in [1.807, 2.05) is 9.47 Å². The maximum atomic E-state index is 11.9. The minimum absolute atomic E-state index is 0.232. The van der Waals surface area contributed by atoms with Crippen LogP contribution in [0.2, 0.25) is 0 Å². The molecule has 1 amide bonds. The van der Waals surface area contributed by atoms with Crippen LogP contribution in [0.15, 0.2) is 6.33 Å². The van der Waals surface area contributed by atoms with Crippen LogP contribution in [0, 0.1) is 0 Å². The van der Waals surface area contributed by atoms with E-state index in [9.17, 15) is 4.79 Å². The molecule has 0 spiro atoms. The van der Waals surface area contributed by atoms with Crippen LogP contribution in [0.5, 0.6) is 0 Å². The molecule has 1 aromatic rings. The molecule has 6 heteroatoms. The topological polar surface area (TPSA) is 51.0 Å². The number of carbonyl (C=O) groups is 1. The van der Waals surface area contributed by atoms with Gasteiger partial charge in [-0.15, -0.1) is 10.2 Å². The molecule has 0 saturated carbocycles. The second kappa shape index (κ2) is 5.43. The molecular formula is C10H15BrN4O. The summed E-state index contributed by atoms with van der Waals surface area (Å²) >= 11 is 3.37. The zero-order valence-corrected chi connectivity index (χ0v) is 10.7. The number of halogens is 1. The molecule has 88 valence electrons. The standard InChI is InChI=1S/C10H15BrN4O/c11-4-2-1-3-10(16)14-5-6-15-8-12-13-9(15)7-14/h8H,1-7H2. The van der Waals surface area contributed by atoms with Crippen molar-refractivity contribution in [3.63, 3.8) is 0 Å². The highest BCUT2D eigenvalue weighted by Crippen LogP contribution is 2.11. The van der Waals surface area contributed by atoms with Gasteiger partial charge >= 0.3 is 0 Å². The molecule has 16 heavy (non-hydrogen) atoms. The molecule has 0 N–H and O–H groups in total. The number of unbranched alkanes of at least 4 members (excludes halogenated alkanes) is 1. The molecule has 0 radical (unpaired) electrons. The number of alkyl halides is 1. The number of carbonyl (C=O) groups excluding carboxylic acids is 1. The highest BCUT2D eigenvalue weighted by molar-refractivity contribution is 9.09. The van der Waals surface area contributed by atoms with Crippen molar-refractivity contribution >= 4 is 21.8 Å². The number of rotatable bonds is 4. The Morgan fingerprint density at radius 2 is 2.31 bits per heavy atom. The van der Waals surface area contributed by atoms with E-state index >= 15 is 0 Å². The molecule has 0 atom stereocenters. The Hall–Kier alpha value is -0.910. The van der Waals surface area contributed by atoms with Crippen LogP contribution in [0.1, 0.15) is 25.1 Å². The Labute approximate surface area is 103 Å². The normalized spacial score (nSPS) is 14.9. The molecule has 0 fully saturated rings. The Kier molecular flexibility index (Phi) is 3.93. The zero-order chi connectivity index (χ0) is 11.4. The first-order valence-corrected chi connectivity index (χ1v) is 6.64. The Balaban J connectivity index is 1.86. The fourth-order valence-electron chi connectivity index (χ4n) is 1.81. The van der Waals surface area contributed by atoms with Crippen LogP contribution in [-0.2, 0) is 17.9 Å². The van der Waals surface area contributed by atoms with E-state index in [2.05, 4.69) is 26.1 Å². The lowest BCUT2D eigenvalue weighted by atomic mass is 10.2. The first-order valence-electron chi connectivity index (χ1n) is 5.51. The van der Waals surface area contributed by atoms with Crippen LogP contribution in [0.3, 0.4) is 0 Å². The number of amides is 1. The second-order valence-corrected chi connectivity index (χ2v) is 4.69. The van der Waals surface area contributed by atoms with Gasteiger partial charge < -0.3 is 9.47 Å². The van der Waals surface area contributed by atoms with Gasteiger partial charge in [-0.1, -0.05) is 15.9 Å². The van der Waals surface area contributed by atoms with Crippen molar-refractivity contribution < 1.29 is 4.79 Å². The molecule has 1 aliphatic heterocycles. The molecule has 1 aliphatic rings. The average Bonchev–Trinajstić information content (AvgIpc) is 2.76. The van der Waals surface area contributed by atoms with Crippen molar-refractivity contribution in [2.24, 2.45) is 0 Å². The van der Waals surface area contributed by atoms with Gasteiger partial charge in [0.05, 0.1) is 6.54 Å². The minimum Gasteiger partial charge on any atom is -0.333 e. The summed E-state index contributed by atoms with van der Waals surface area (Å²) in [6.07, 6.45) is 4.37. The number of fused-ring (bicyclic) bond motifs is 1. The summed E-state index contributed by atoms with van der Waals surface area (Å²) in [7, 11) is 0. The van der Waals surface area contributed by atoms with Crippen LogP contribution in [0.25, 0.3) is 0 Å². The fraction of sp³-hybridized carbons (Fsp3) is 0.700. The van der Waals surface area contributed by atoms with Crippen molar-refractivity contribution in [2.75, 3.05) is 11.9 Å². The summed E-state index contributed by atoms with van der Waals surface area (Å²) in [4.78, 5) is 13.7. The smallest absolute Gasteiger partial charge is 0.223 e. The van der Waals surface area contributed by atoms with Gasteiger partial charge in [0.25, 0.3) is 0 Å². The van der Waals surface area contributed by atoms with Crippen LogP contribution in [-0.4, -0.2) is 37.4 Å². The van der Waals surface area contributed by atoms with E-state index < -0.39 is 0 Å². The molecule has 0 saturated heterocycles. The quantitative estimate of drug-likeness (QED) is 0.617. The molecule has 2 rings (SSSR count). The second-order valence-electron chi connectivity index (χ2n) is 3.90. The van der Waals surface area contributed by atoms with Crippen LogP contribution < -0.4 is 0 Å². The SMILES string of the molecule is O=C(CCCCBr)N1CCn2cnnc2C1. The summed E-state index contributed by atoms with van der Waals surface area (Å²) in [5, 5.41) is 8.81. The van der Waals surface area contributed by atoms with Crippen molar-refractivity contribution in [1.29, 1.82) is 0 Å². The van der Waals surface area contributed by atoms with Crippen molar-refractivity contribution in [1.82, 2.24) is 19.7 Å². The summed E-state index contributed by atoms with van der Waals surface area (Å²) in [5.41, 5.74) is 0. The number of aromatic nitrogens is 3. The third kappa shape index (κ3) is 2.61. The van der Waals surface area contributed by atoms with Gasteiger partial charge in [-0.3, -0.25) is 4.79 Å². The maximum Gasteiger partial charge on any atom is 0.223 e.